The van der Waals surface area contributed by atoms with E-state index in [9.17, 15) is 9.59 Å². The summed E-state index contributed by atoms with van der Waals surface area (Å²) in [7, 11) is 1.75. The van der Waals surface area contributed by atoms with E-state index in [-0.39, 0.29) is 18.4 Å². The summed E-state index contributed by atoms with van der Waals surface area (Å²) in [6.07, 6.45) is 0.702. The van der Waals surface area contributed by atoms with E-state index in [1.165, 1.54) is 5.56 Å². The van der Waals surface area contributed by atoms with Gasteiger partial charge in [0.1, 0.15) is 0 Å². The summed E-state index contributed by atoms with van der Waals surface area (Å²) in [5, 5.41) is 11.4. The number of hydrogen-bond donors (Lipinski definition) is 2. The number of hydrogen-bond acceptors (Lipinski definition) is 2. The van der Waals surface area contributed by atoms with Crippen LogP contribution in [0.3, 0.4) is 0 Å². The number of benzene rings is 1. The number of aryl methyl sites for hydroxylation is 1. The molecule has 116 valence electrons. The van der Waals surface area contributed by atoms with Gasteiger partial charge < -0.3 is 15.3 Å². The Morgan fingerprint density at radius 2 is 1.90 bits per heavy atom. The molecule has 1 atom stereocenters. The molecule has 0 saturated heterocycles. The van der Waals surface area contributed by atoms with Crippen molar-refractivity contribution < 1.29 is 14.7 Å². The molecule has 1 aromatic carbocycles. The normalized spacial score (nSPS) is 11.8. The molecule has 1 aromatic rings. The fraction of sp³-hybridized carbons (Fsp3) is 0.500. The first-order chi connectivity index (χ1) is 9.88. The van der Waals surface area contributed by atoms with E-state index in [1.54, 1.807) is 11.9 Å². The molecule has 0 radical (unpaired) electrons. The Hall–Kier alpha value is -2.04. The van der Waals surface area contributed by atoms with E-state index < -0.39 is 5.97 Å². The highest BCUT2D eigenvalue weighted by atomic mass is 16.4. The molecule has 0 aliphatic carbocycles. The van der Waals surface area contributed by atoms with Gasteiger partial charge in [0.05, 0.1) is 0 Å². The van der Waals surface area contributed by atoms with Crippen molar-refractivity contribution in [2.45, 2.75) is 33.2 Å². The van der Waals surface area contributed by atoms with Gasteiger partial charge in [-0.1, -0.05) is 36.8 Å². The number of aliphatic carboxylic acids is 1. The minimum Gasteiger partial charge on any atom is -0.481 e. The molecule has 0 bridgehead atoms. The number of nitrogens with zero attached hydrogens (tertiary/aromatic N) is 1. The Bertz CT molecular complexity index is 471. The van der Waals surface area contributed by atoms with Gasteiger partial charge in [-0.05, 0) is 24.8 Å². The third kappa shape index (κ3) is 6.79. The number of carbonyl (C=O) groups is 2. The first kappa shape index (κ1) is 17.0. The number of urea groups is 1. The predicted molar refractivity (Wildman–Crippen MR) is 82.1 cm³/mol. The molecular formula is C16H24N2O3. The molecule has 0 aromatic heterocycles. The van der Waals surface area contributed by atoms with Crippen LogP contribution in [0.15, 0.2) is 24.3 Å². The summed E-state index contributed by atoms with van der Waals surface area (Å²) in [5.41, 5.74) is 2.27. The van der Waals surface area contributed by atoms with Crippen molar-refractivity contribution in [2.75, 3.05) is 13.6 Å². The smallest absolute Gasteiger partial charge is 0.317 e. The van der Waals surface area contributed by atoms with Crippen LogP contribution in [-0.2, 0) is 11.3 Å². The second kappa shape index (κ2) is 8.29. The SMILES string of the molecule is Cc1ccc(CN(C)C(=O)NCC(C)CCC(=O)O)cc1. The van der Waals surface area contributed by atoms with E-state index in [0.29, 0.717) is 19.5 Å². The van der Waals surface area contributed by atoms with E-state index in [2.05, 4.69) is 5.32 Å². The molecule has 2 amide bonds. The molecule has 21 heavy (non-hydrogen) atoms. The van der Waals surface area contributed by atoms with E-state index in [0.717, 1.165) is 5.56 Å². The summed E-state index contributed by atoms with van der Waals surface area (Å²) in [4.78, 5) is 24.1. The van der Waals surface area contributed by atoms with Crippen LogP contribution >= 0.6 is 0 Å². The zero-order valence-electron chi connectivity index (χ0n) is 12.9. The molecule has 2 N–H and O–H groups in total. The maximum Gasteiger partial charge on any atom is 0.317 e. The Kier molecular flexibility index (Phi) is 6.72. The van der Waals surface area contributed by atoms with E-state index in [4.69, 9.17) is 5.11 Å². The lowest BCUT2D eigenvalue weighted by Gasteiger charge is -2.20. The monoisotopic (exact) mass is 292 g/mol. The fourth-order valence-electron chi connectivity index (χ4n) is 1.91. The topological polar surface area (TPSA) is 69.6 Å². The molecule has 0 fully saturated rings. The number of rotatable bonds is 7. The van der Waals surface area contributed by atoms with Crippen molar-refractivity contribution in [3.63, 3.8) is 0 Å². The lowest BCUT2D eigenvalue weighted by Crippen LogP contribution is -2.38. The van der Waals surface area contributed by atoms with Gasteiger partial charge in [-0.2, -0.15) is 0 Å². The minimum atomic E-state index is -0.801. The van der Waals surface area contributed by atoms with Crippen LogP contribution in [0.25, 0.3) is 0 Å². The van der Waals surface area contributed by atoms with Crippen LogP contribution in [0, 0.1) is 12.8 Å². The standard InChI is InChI=1S/C16H24N2O3/c1-12-4-7-14(8-5-12)11-18(3)16(21)17-10-13(2)6-9-15(19)20/h4-5,7-8,13H,6,9-11H2,1-3H3,(H,17,21)(H,19,20). The lowest BCUT2D eigenvalue weighted by atomic mass is 10.1. The second-order valence-corrected chi connectivity index (χ2v) is 5.57. The summed E-state index contributed by atoms with van der Waals surface area (Å²) in [6, 6.07) is 7.92. The lowest BCUT2D eigenvalue weighted by molar-refractivity contribution is -0.137. The average molecular weight is 292 g/mol. The molecule has 1 unspecified atom stereocenters. The third-order valence-electron chi connectivity index (χ3n) is 3.34. The van der Waals surface area contributed by atoms with Gasteiger partial charge in [0.25, 0.3) is 0 Å². The molecular weight excluding hydrogens is 268 g/mol. The quantitative estimate of drug-likeness (QED) is 0.811. The first-order valence-corrected chi connectivity index (χ1v) is 7.14. The van der Waals surface area contributed by atoms with Crippen LogP contribution in [0.4, 0.5) is 4.79 Å². The number of carboxylic acid groups (broad SMARTS) is 1. The molecule has 0 saturated carbocycles. The fourth-order valence-corrected chi connectivity index (χ4v) is 1.91. The molecule has 5 nitrogen and oxygen atoms in total. The van der Waals surface area contributed by atoms with Gasteiger partial charge in [0.15, 0.2) is 0 Å². The molecule has 0 aliphatic rings. The number of nitrogens with one attached hydrogen (secondary N) is 1. The van der Waals surface area contributed by atoms with Crippen molar-refractivity contribution >= 4 is 12.0 Å². The Balaban J connectivity index is 2.34. The van der Waals surface area contributed by atoms with Crippen molar-refractivity contribution in [1.82, 2.24) is 10.2 Å². The van der Waals surface area contributed by atoms with Crippen LogP contribution in [-0.4, -0.2) is 35.6 Å². The van der Waals surface area contributed by atoms with E-state index >= 15 is 0 Å². The Morgan fingerprint density at radius 3 is 2.48 bits per heavy atom. The van der Waals surface area contributed by atoms with Gasteiger partial charge in [0, 0.05) is 26.6 Å². The highest BCUT2D eigenvalue weighted by Gasteiger charge is 2.11. The second-order valence-electron chi connectivity index (χ2n) is 5.57. The third-order valence-corrected chi connectivity index (χ3v) is 3.34. The maximum absolute atomic E-state index is 12.0. The van der Waals surface area contributed by atoms with Gasteiger partial charge in [-0.3, -0.25) is 4.79 Å². The predicted octanol–water partition coefficient (Wildman–Crippen LogP) is 2.64. The van der Waals surface area contributed by atoms with Crippen LogP contribution in [0.1, 0.15) is 30.9 Å². The van der Waals surface area contributed by atoms with Gasteiger partial charge in [-0.15, -0.1) is 0 Å². The first-order valence-electron chi connectivity index (χ1n) is 7.14. The van der Waals surface area contributed by atoms with Crippen molar-refractivity contribution in [1.29, 1.82) is 0 Å². The summed E-state index contributed by atoms with van der Waals surface area (Å²) in [5.74, 6) is -0.650. The van der Waals surface area contributed by atoms with Crippen molar-refractivity contribution in [3.05, 3.63) is 35.4 Å². The molecule has 0 spiro atoms. The largest absolute Gasteiger partial charge is 0.481 e. The van der Waals surface area contributed by atoms with Crippen LogP contribution in [0.2, 0.25) is 0 Å². The zero-order valence-corrected chi connectivity index (χ0v) is 12.9. The molecule has 0 aliphatic heterocycles. The van der Waals surface area contributed by atoms with Crippen molar-refractivity contribution in [2.24, 2.45) is 5.92 Å². The molecule has 0 heterocycles. The highest BCUT2D eigenvalue weighted by molar-refractivity contribution is 5.73. The zero-order chi connectivity index (χ0) is 15.8. The Labute approximate surface area is 126 Å². The number of carbonyl (C=O) groups excluding carboxylic acids is 1. The summed E-state index contributed by atoms with van der Waals surface area (Å²) < 4.78 is 0. The van der Waals surface area contributed by atoms with Crippen LogP contribution in [0.5, 0.6) is 0 Å². The van der Waals surface area contributed by atoms with Gasteiger partial charge in [0.2, 0.25) is 0 Å². The Morgan fingerprint density at radius 1 is 1.29 bits per heavy atom. The van der Waals surface area contributed by atoms with Gasteiger partial charge >= 0.3 is 12.0 Å². The van der Waals surface area contributed by atoms with Gasteiger partial charge in [-0.25, -0.2) is 4.79 Å². The number of amides is 2. The summed E-state index contributed by atoms with van der Waals surface area (Å²) in [6.45, 7) is 5.00. The average Bonchev–Trinajstić information content (AvgIpc) is 2.44. The van der Waals surface area contributed by atoms with E-state index in [1.807, 2.05) is 38.1 Å². The number of carboxylic acids is 1. The molecule has 5 heteroatoms. The minimum absolute atomic E-state index is 0.135. The summed E-state index contributed by atoms with van der Waals surface area (Å²) >= 11 is 0. The molecule has 1 rings (SSSR count). The maximum atomic E-state index is 12.0. The van der Waals surface area contributed by atoms with Crippen molar-refractivity contribution in [3.8, 4) is 0 Å². The van der Waals surface area contributed by atoms with Crippen LogP contribution < -0.4 is 5.32 Å². The highest BCUT2D eigenvalue weighted by Crippen LogP contribution is 2.07.